The van der Waals surface area contributed by atoms with Gasteiger partial charge in [-0.3, -0.25) is 9.69 Å². The number of nitrogens with zero attached hydrogens (tertiary/aromatic N) is 2. The van der Waals surface area contributed by atoms with Gasteiger partial charge in [-0.2, -0.15) is 0 Å². The first-order valence-corrected chi connectivity index (χ1v) is 9.95. The predicted octanol–water partition coefficient (Wildman–Crippen LogP) is 4.68. The zero-order valence-electron chi connectivity index (χ0n) is 13.9. The highest BCUT2D eigenvalue weighted by Gasteiger charge is 2.15. The molecule has 4 nitrogen and oxygen atoms in total. The lowest BCUT2D eigenvalue weighted by Crippen LogP contribution is -2.26. The van der Waals surface area contributed by atoms with E-state index in [0.717, 1.165) is 41.4 Å². The molecule has 0 amide bonds. The third-order valence-electron chi connectivity index (χ3n) is 4.72. The first kappa shape index (κ1) is 16.8. The monoisotopic (exact) mass is 373 g/mol. The van der Waals surface area contributed by atoms with Gasteiger partial charge >= 0.3 is 0 Å². The number of halogens is 1. The van der Waals surface area contributed by atoms with Crippen molar-refractivity contribution < 1.29 is 0 Å². The number of likely N-dealkylation sites (tertiary alicyclic amines) is 1. The van der Waals surface area contributed by atoms with Crippen LogP contribution in [0.2, 0.25) is 5.02 Å². The third kappa shape index (κ3) is 3.64. The Morgan fingerprint density at radius 3 is 2.56 bits per heavy atom. The number of rotatable bonds is 3. The highest BCUT2D eigenvalue weighted by atomic mass is 35.5. The molecule has 0 aliphatic carbocycles. The molecule has 3 aromatic rings. The van der Waals surface area contributed by atoms with E-state index in [2.05, 4.69) is 9.88 Å². The molecular formula is C19H20ClN3OS. The fourth-order valence-electron chi connectivity index (χ4n) is 3.42. The number of hydrogen-bond acceptors (Lipinski definition) is 4. The Kier molecular flexibility index (Phi) is 4.88. The number of fused-ring (bicyclic) bond motifs is 1. The quantitative estimate of drug-likeness (QED) is 0.725. The molecule has 4 rings (SSSR count). The normalized spacial score (nSPS) is 16.2. The molecule has 1 N–H and O–H groups in total. The molecular weight excluding hydrogens is 354 g/mol. The molecule has 0 bridgehead atoms. The average Bonchev–Trinajstić information content (AvgIpc) is 2.86. The third-order valence-corrected chi connectivity index (χ3v) is 5.84. The summed E-state index contributed by atoms with van der Waals surface area (Å²) in [6, 6.07) is 7.56. The van der Waals surface area contributed by atoms with Gasteiger partial charge in [0.05, 0.1) is 11.9 Å². The number of nitrogens with one attached hydrogen (secondary N) is 1. The van der Waals surface area contributed by atoms with Crippen molar-refractivity contribution in [3.05, 3.63) is 50.8 Å². The molecule has 0 unspecified atom stereocenters. The van der Waals surface area contributed by atoms with Gasteiger partial charge in [0.2, 0.25) is 0 Å². The van der Waals surface area contributed by atoms with Crippen LogP contribution in [0.15, 0.2) is 34.4 Å². The molecule has 1 aromatic carbocycles. The molecule has 0 atom stereocenters. The average molecular weight is 374 g/mol. The van der Waals surface area contributed by atoms with Crippen LogP contribution in [0, 0.1) is 0 Å². The van der Waals surface area contributed by atoms with Crippen LogP contribution in [0.1, 0.15) is 31.5 Å². The second-order valence-corrected chi connectivity index (χ2v) is 7.83. The summed E-state index contributed by atoms with van der Waals surface area (Å²) in [5.41, 5.74) is 1.86. The fourth-order valence-corrected chi connectivity index (χ4v) is 4.51. The summed E-state index contributed by atoms with van der Waals surface area (Å²) in [6.07, 6.45) is 5.06. The zero-order valence-corrected chi connectivity index (χ0v) is 15.5. The van der Waals surface area contributed by atoms with E-state index < -0.39 is 0 Å². The highest BCUT2D eigenvalue weighted by Crippen LogP contribution is 2.31. The van der Waals surface area contributed by atoms with E-state index in [4.69, 9.17) is 16.6 Å². The lowest BCUT2D eigenvalue weighted by Gasteiger charge is -2.18. The molecule has 2 aromatic heterocycles. The van der Waals surface area contributed by atoms with Crippen LogP contribution in [-0.2, 0) is 6.54 Å². The van der Waals surface area contributed by atoms with Crippen molar-refractivity contribution in [2.75, 3.05) is 13.1 Å². The number of hydrogen-bond donors (Lipinski definition) is 1. The van der Waals surface area contributed by atoms with Crippen molar-refractivity contribution in [3.63, 3.8) is 0 Å². The topological polar surface area (TPSA) is 49.0 Å². The molecule has 1 aliphatic heterocycles. The van der Waals surface area contributed by atoms with Crippen molar-refractivity contribution in [2.24, 2.45) is 0 Å². The van der Waals surface area contributed by atoms with Gasteiger partial charge < -0.3 is 4.98 Å². The van der Waals surface area contributed by atoms with Crippen LogP contribution in [0.4, 0.5) is 0 Å². The standard InChI is InChI=1S/C19H20ClN3OS/c20-14-7-5-13(6-8-14)15-12-25-19-17(15)18(24)21-16(22-19)11-23-9-3-1-2-4-10-23/h5-8,12H,1-4,9-11H2,(H,21,22,24). The number of H-pyrrole nitrogens is 1. The van der Waals surface area contributed by atoms with Crippen LogP contribution < -0.4 is 5.56 Å². The minimum atomic E-state index is -0.0546. The van der Waals surface area contributed by atoms with E-state index in [-0.39, 0.29) is 5.56 Å². The Labute approximate surface area is 155 Å². The molecule has 1 fully saturated rings. The van der Waals surface area contributed by atoms with Crippen LogP contribution in [0.25, 0.3) is 21.3 Å². The maximum atomic E-state index is 12.7. The Bertz CT molecular complexity index is 924. The van der Waals surface area contributed by atoms with E-state index in [9.17, 15) is 4.79 Å². The van der Waals surface area contributed by atoms with Crippen LogP contribution >= 0.6 is 22.9 Å². The zero-order chi connectivity index (χ0) is 17.2. The van der Waals surface area contributed by atoms with Crippen molar-refractivity contribution in [1.82, 2.24) is 14.9 Å². The summed E-state index contributed by atoms with van der Waals surface area (Å²) in [6.45, 7) is 2.89. The van der Waals surface area contributed by atoms with Gasteiger partial charge in [-0.15, -0.1) is 11.3 Å². The van der Waals surface area contributed by atoms with E-state index in [1.165, 1.54) is 37.0 Å². The van der Waals surface area contributed by atoms with Gasteiger partial charge in [-0.05, 0) is 43.6 Å². The maximum Gasteiger partial charge on any atom is 0.260 e. The largest absolute Gasteiger partial charge is 0.309 e. The van der Waals surface area contributed by atoms with Gasteiger partial charge in [0.1, 0.15) is 10.7 Å². The van der Waals surface area contributed by atoms with Gasteiger partial charge in [-0.25, -0.2) is 4.98 Å². The molecule has 1 saturated heterocycles. The van der Waals surface area contributed by atoms with Gasteiger partial charge in [-0.1, -0.05) is 36.6 Å². The predicted molar refractivity (Wildman–Crippen MR) is 104 cm³/mol. The van der Waals surface area contributed by atoms with Crippen molar-refractivity contribution in [1.29, 1.82) is 0 Å². The Morgan fingerprint density at radius 1 is 1.12 bits per heavy atom. The fraction of sp³-hybridized carbons (Fsp3) is 0.368. The van der Waals surface area contributed by atoms with Gasteiger partial charge in [0, 0.05) is 16.0 Å². The first-order valence-electron chi connectivity index (χ1n) is 8.69. The molecule has 3 heterocycles. The molecule has 0 spiro atoms. The Balaban J connectivity index is 1.67. The highest BCUT2D eigenvalue weighted by molar-refractivity contribution is 7.17. The summed E-state index contributed by atoms with van der Waals surface area (Å²) >= 11 is 7.49. The number of thiophene rings is 1. The molecule has 1 aliphatic rings. The molecule has 6 heteroatoms. The van der Waals surface area contributed by atoms with Crippen molar-refractivity contribution >= 4 is 33.2 Å². The number of aromatic amines is 1. The summed E-state index contributed by atoms with van der Waals surface area (Å²) in [4.78, 5) is 23.6. The lowest BCUT2D eigenvalue weighted by atomic mass is 10.1. The summed E-state index contributed by atoms with van der Waals surface area (Å²) in [7, 11) is 0. The van der Waals surface area contributed by atoms with Crippen molar-refractivity contribution in [2.45, 2.75) is 32.2 Å². The summed E-state index contributed by atoms with van der Waals surface area (Å²) < 4.78 is 0. The Hall–Kier alpha value is -1.69. The number of aromatic nitrogens is 2. The van der Waals surface area contributed by atoms with E-state index in [1.807, 2.05) is 29.6 Å². The van der Waals surface area contributed by atoms with Crippen LogP contribution in [-0.4, -0.2) is 28.0 Å². The van der Waals surface area contributed by atoms with Gasteiger partial charge in [0.25, 0.3) is 5.56 Å². The molecule has 130 valence electrons. The van der Waals surface area contributed by atoms with Crippen LogP contribution in [0.3, 0.4) is 0 Å². The summed E-state index contributed by atoms with van der Waals surface area (Å²) in [5.74, 6) is 0.768. The van der Waals surface area contributed by atoms with Gasteiger partial charge in [0.15, 0.2) is 0 Å². The lowest BCUT2D eigenvalue weighted by molar-refractivity contribution is 0.270. The minimum Gasteiger partial charge on any atom is -0.309 e. The summed E-state index contributed by atoms with van der Waals surface area (Å²) in [5, 5.41) is 3.37. The first-order chi connectivity index (χ1) is 12.2. The SMILES string of the molecule is O=c1[nH]c(CN2CCCCCC2)nc2scc(-c3ccc(Cl)cc3)c12. The molecule has 0 radical (unpaired) electrons. The molecule has 25 heavy (non-hydrogen) atoms. The van der Waals surface area contributed by atoms with Crippen LogP contribution in [0.5, 0.6) is 0 Å². The minimum absolute atomic E-state index is 0.0546. The number of benzene rings is 1. The smallest absolute Gasteiger partial charge is 0.260 e. The Morgan fingerprint density at radius 2 is 1.84 bits per heavy atom. The van der Waals surface area contributed by atoms with E-state index in [0.29, 0.717) is 10.4 Å². The van der Waals surface area contributed by atoms with Crippen molar-refractivity contribution in [3.8, 4) is 11.1 Å². The maximum absolute atomic E-state index is 12.7. The second kappa shape index (κ2) is 7.28. The second-order valence-electron chi connectivity index (χ2n) is 6.54. The molecule has 0 saturated carbocycles. The van der Waals surface area contributed by atoms with E-state index in [1.54, 1.807) is 0 Å². The van der Waals surface area contributed by atoms with E-state index >= 15 is 0 Å².